The Kier molecular flexibility index (Phi) is 7.13. The summed E-state index contributed by atoms with van der Waals surface area (Å²) in [7, 11) is 4.21. The van der Waals surface area contributed by atoms with Crippen LogP contribution in [-0.2, 0) is 13.0 Å². The van der Waals surface area contributed by atoms with Gasteiger partial charge in [0.2, 0.25) is 0 Å². The van der Waals surface area contributed by atoms with E-state index in [2.05, 4.69) is 101 Å². The van der Waals surface area contributed by atoms with Gasteiger partial charge in [-0.2, -0.15) is 0 Å². The van der Waals surface area contributed by atoms with E-state index in [0.717, 1.165) is 13.0 Å². The van der Waals surface area contributed by atoms with Crippen LogP contribution in [0.4, 0.5) is 0 Å². The van der Waals surface area contributed by atoms with E-state index < -0.39 is 0 Å². The normalized spacial score (nSPS) is 16.3. The first-order valence-corrected chi connectivity index (χ1v) is 11.6. The van der Waals surface area contributed by atoms with E-state index in [9.17, 15) is 0 Å². The Morgan fingerprint density at radius 3 is 2.31 bits per heavy atom. The average Bonchev–Trinajstić information content (AvgIpc) is 2.66. The van der Waals surface area contributed by atoms with Gasteiger partial charge >= 0.3 is 0 Å². The molecule has 0 saturated carbocycles. The van der Waals surface area contributed by atoms with Crippen LogP contribution in [0, 0.1) is 0 Å². The number of allylic oxidation sites excluding steroid dienone is 2. The lowest BCUT2D eigenvalue weighted by molar-refractivity contribution is 0.402. The van der Waals surface area contributed by atoms with Crippen LogP contribution in [0.5, 0.6) is 0 Å². The number of nitrogens with zero attached hydrogens (tertiary/aromatic N) is 1. The molecule has 2 aromatic rings. The fourth-order valence-electron chi connectivity index (χ4n) is 4.06. The third-order valence-electron chi connectivity index (χ3n) is 5.66. The second-order valence-electron chi connectivity index (χ2n) is 9.23. The predicted octanol–water partition coefficient (Wildman–Crippen LogP) is 6.84. The molecule has 0 aliphatic heterocycles. The van der Waals surface area contributed by atoms with E-state index in [1.165, 1.54) is 38.4 Å². The molecule has 0 saturated heterocycles. The summed E-state index contributed by atoms with van der Waals surface area (Å²) in [5, 5.41) is 0. The summed E-state index contributed by atoms with van der Waals surface area (Å²) in [6.07, 6.45) is 3.40. The topological polar surface area (TPSA) is 15.3 Å². The lowest BCUT2D eigenvalue weighted by Crippen LogP contribution is -2.17. The SMILES string of the molecule is CC(C)c1cc(C(C)C)c2c(c1)C(C)C=C(NSc1ccc(CN(C)C)cc1)C2. The highest BCUT2D eigenvalue weighted by Crippen LogP contribution is 2.37. The summed E-state index contributed by atoms with van der Waals surface area (Å²) < 4.78 is 3.64. The molecule has 0 amide bonds. The number of hydrogen-bond acceptors (Lipinski definition) is 3. The van der Waals surface area contributed by atoms with Crippen LogP contribution in [0.1, 0.15) is 80.2 Å². The maximum Gasteiger partial charge on any atom is 0.0284 e. The van der Waals surface area contributed by atoms with Crippen LogP contribution in [0.25, 0.3) is 0 Å². The molecule has 3 heteroatoms. The van der Waals surface area contributed by atoms with Crippen molar-refractivity contribution in [2.24, 2.45) is 0 Å². The minimum atomic E-state index is 0.445. The smallest absolute Gasteiger partial charge is 0.0284 e. The Labute approximate surface area is 181 Å². The first kappa shape index (κ1) is 22.0. The number of benzene rings is 2. The van der Waals surface area contributed by atoms with Crippen molar-refractivity contribution in [1.29, 1.82) is 0 Å². The van der Waals surface area contributed by atoms with Crippen molar-refractivity contribution in [3.05, 3.63) is 76.0 Å². The Balaban J connectivity index is 1.75. The zero-order chi connectivity index (χ0) is 21.1. The fourth-order valence-corrected chi connectivity index (χ4v) is 4.73. The highest BCUT2D eigenvalue weighted by molar-refractivity contribution is 7.97. The number of fused-ring (bicyclic) bond motifs is 1. The molecule has 3 rings (SSSR count). The Morgan fingerprint density at radius 1 is 1.03 bits per heavy atom. The summed E-state index contributed by atoms with van der Waals surface area (Å²) in [4.78, 5) is 3.45. The quantitative estimate of drug-likeness (QED) is 0.505. The van der Waals surface area contributed by atoms with Crippen LogP contribution < -0.4 is 4.72 Å². The molecule has 0 spiro atoms. The summed E-state index contributed by atoms with van der Waals surface area (Å²) in [5.74, 6) is 1.56. The third kappa shape index (κ3) is 5.46. The van der Waals surface area contributed by atoms with Crippen LogP contribution >= 0.6 is 11.9 Å². The summed E-state index contributed by atoms with van der Waals surface area (Å²) in [6, 6.07) is 13.8. The Hall–Kier alpha value is -1.71. The maximum atomic E-state index is 3.64. The molecule has 1 N–H and O–H groups in total. The van der Waals surface area contributed by atoms with Gasteiger partial charge in [0.25, 0.3) is 0 Å². The molecule has 0 heterocycles. The van der Waals surface area contributed by atoms with Gasteiger partial charge in [0.05, 0.1) is 0 Å². The number of rotatable bonds is 7. The highest BCUT2D eigenvalue weighted by Gasteiger charge is 2.22. The summed E-state index contributed by atoms with van der Waals surface area (Å²) in [5.41, 5.74) is 8.71. The van der Waals surface area contributed by atoms with Crippen molar-refractivity contribution >= 4 is 11.9 Å². The molecule has 1 atom stereocenters. The summed E-state index contributed by atoms with van der Waals surface area (Å²) in [6.45, 7) is 12.5. The molecule has 0 fully saturated rings. The molecule has 29 heavy (non-hydrogen) atoms. The molecule has 1 aliphatic rings. The predicted molar refractivity (Wildman–Crippen MR) is 128 cm³/mol. The molecule has 2 nitrogen and oxygen atoms in total. The molecule has 0 bridgehead atoms. The molecular formula is C26H36N2S. The van der Waals surface area contributed by atoms with Crippen molar-refractivity contribution in [1.82, 2.24) is 9.62 Å². The van der Waals surface area contributed by atoms with Crippen molar-refractivity contribution in [2.45, 2.75) is 70.2 Å². The van der Waals surface area contributed by atoms with E-state index in [-0.39, 0.29) is 0 Å². The van der Waals surface area contributed by atoms with Crippen LogP contribution in [0.15, 0.2) is 53.1 Å². The minimum Gasteiger partial charge on any atom is -0.329 e. The van der Waals surface area contributed by atoms with Crippen LogP contribution in [0.2, 0.25) is 0 Å². The van der Waals surface area contributed by atoms with Crippen molar-refractivity contribution in [3.8, 4) is 0 Å². The minimum absolute atomic E-state index is 0.445. The molecule has 156 valence electrons. The van der Waals surface area contributed by atoms with Crippen molar-refractivity contribution in [2.75, 3.05) is 14.1 Å². The number of nitrogens with one attached hydrogen (secondary N) is 1. The van der Waals surface area contributed by atoms with E-state index in [4.69, 9.17) is 0 Å². The van der Waals surface area contributed by atoms with E-state index >= 15 is 0 Å². The zero-order valence-corrected chi connectivity index (χ0v) is 19.9. The maximum absolute atomic E-state index is 3.64. The average molecular weight is 409 g/mol. The van der Waals surface area contributed by atoms with Gasteiger partial charge in [0.15, 0.2) is 0 Å². The van der Waals surface area contributed by atoms with Gasteiger partial charge in [-0.25, -0.2) is 0 Å². The van der Waals surface area contributed by atoms with Gasteiger partial charge < -0.3 is 9.62 Å². The zero-order valence-electron chi connectivity index (χ0n) is 19.0. The highest BCUT2D eigenvalue weighted by atomic mass is 32.2. The van der Waals surface area contributed by atoms with Gasteiger partial charge in [-0.15, -0.1) is 0 Å². The largest absolute Gasteiger partial charge is 0.329 e. The van der Waals surface area contributed by atoms with E-state index in [1.54, 1.807) is 11.9 Å². The standard InChI is InChI=1S/C26H36N2S/c1-17(2)21-13-24(18(3)4)26-15-22(12-19(5)25(26)14-21)27-29-23-10-8-20(9-11-23)16-28(6)7/h8-14,17-19,27H,15-16H2,1-7H3. The lowest BCUT2D eigenvalue weighted by atomic mass is 9.79. The Bertz CT molecular complexity index is 863. The molecule has 0 aromatic heterocycles. The third-order valence-corrected chi connectivity index (χ3v) is 6.53. The molecule has 0 radical (unpaired) electrons. The second kappa shape index (κ2) is 9.40. The molecular weight excluding hydrogens is 372 g/mol. The van der Waals surface area contributed by atoms with E-state index in [0.29, 0.717) is 17.8 Å². The fraction of sp³-hybridized carbons (Fsp3) is 0.462. The van der Waals surface area contributed by atoms with Crippen LogP contribution in [0.3, 0.4) is 0 Å². The molecule has 2 aromatic carbocycles. The van der Waals surface area contributed by atoms with Gasteiger partial charge in [-0.3, -0.25) is 0 Å². The van der Waals surface area contributed by atoms with Crippen molar-refractivity contribution in [3.63, 3.8) is 0 Å². The van der Waals surface area contributed by atoms with Gasteiger partial charge in [0.1, 0.15) is 0 Å². The first-order valence-electron chi connectivity index (χ1n) is 10.8. The second-order valence-corrected chi connectivity index (χ2v) is 10.1. The van der Waals surface area contributed by atoms with Gasteiger partial charge in [0, 0.05) is 29.5 Å². The monoisotopic (exact) mass is 408 g/mol. The van der Waals surface area contributed by atoms with Crippen molar-refractivity contribution < 1.29 is 0 Å². The van der Waals surface area contributed by atoms with Gasteiger partial charge in [-0.1, -0.05) is 65.0 Å². The molecule has 1 unspecified atom stereocenters. The van der Waals surface area contributed by atoms with Crippen LogP contribution in [-0.4, -0.2) is 19.0 Å². The lowest BCUT2D eigenvalue weighted by Gasteiger charge is -2.28. The summed E-state index contributed by atoms with van der Waals surface area (Å²) >= 11 is 1.72. The molecule has 1 aliphatic carbocycles. The first-order chi connectivity index (χ1) is 13.7. The number of hydrogen-bond donors (Lipinski definition) is 1. The van der Waals surface area contributed by atoms with E-state index in [1.807, 2.05) is 0 Å². The Morgan fingerprint density at radius 2 is 1.72 bits per heavy atom. The van der Waals surface area contributed by atoms with Gasteiger partial charge in [-0.05, 0) is 77.8 Å².